The zero-order valence-corrected chi connectivity index (χ0v) is 14.1. The van der Waals surface area contributed by atoms with E-state index in [2.05, 4.69) is 15.5 Å². The monoisotopic (exact) mass is 381 g/mol. The predicted octanol–water partition coefficient (Wildman–Crippen LogP) is 4.50. The Kier molecular flexibility index (Phi) is 5.34. The molecular formula is C16H10F3N3OS2. The van der Waals surface area contributed by atoms with E-state index in [4.69, 9.17) is 0 Å². The Morgan fingerprint density at radius 3 is 2.40 bits per heavy atom. The molecule has 1 N–H and O–H groups in total. The molecule has 0 aliphatic carbocycles. The smallest absolute Gasteiger partial charge is 0.263 e. The highest BCUT2D eigenvalue weighted by atomic mass is 32.2. The number of carbonyl (C=O) groups is 1. The molecule has 1 heterocycles. The van der Waals surface area contributed by atoms with Crippen molar-refractivity contribution in [1.82, 2.24) is 10.2 Å². The van der Waals surface area contributed by atoms with Gasteiger partial charge in [-0.15, -0.1) is 10.2 Å². The summed E-state index contributed by atoms with van der Waals surface area (Å²) in [5.74, 6) is -2.84. The van der Waals surface area contributed by atoms with Crippen LogP contribution in [0, 0.1) is 17.5 Å². The fraction of sp³-hybridized carbons (Fsp3) is 0.0625. The molecule has 0 fully saturated rings. The average Bonchev–Trinajstić information content (AvgIpc) is 3.01. The van der Waals surface area contributed by atoms with Crippen molar-refractivity contribution in [3.63, 3.8) is 0 Å². The SMILES string of the molecule is O=C(Nc1nnc(SCc2ccccc2F)s1)c1c(F)cccc1F. The summed E-state index contributed by atoms with van der Waals surface area (Å²) in [7, 11) is 0. The molecule has 25 heavy (non-hydrogen) atoms. The Morgan fingerprint density at radius 2 is 1.68 bits per heavy atom. The Bertz CT molecular complexity index is 897. The van der Waals surface area contributed by atoms with Gasteiger partial charge in [0.25, 0.3) is 5.91 Å². The predicted molar refractivity (Wildman–Crippen MR) is 90.2 cm³/mol. The molecule has 0 aliphatic heterocycles. The summed E-state index contributed by atoms with van der Waals surface area (Å²) >= 11 is 2.28. The van der Waals surface area contributed by atoms with Crippen LogP contribution in [-0.2, 0) is 5.75 Å². The van der Waals surface area contributed by atoms with Crippen molar-refractivity contribution in [2.45, 2.75) is 10.1 Å². The lowest BCUT2D eigenvalue weighted by Crippen LogP contribution is -2.15. The highest BCUT2D eigenvalue weighted by Gasteiger charge is 2.18. The number of rotatable bonds is 5. The van der Waals surface area contributed by atoms with Crippen molar-refractivity contribution in [2.24, 2.45) is 0 Å². The number of hydrogen-bond acceptors (Lipinski definition) is 5. The van der Waals surface area contributed by atoms with Crippen molar-refractivity contribution >= 4 is 34.1 Å². The van der Waals surface area contributed by atoms with E-state index in [1.165, 1.54) is 23.9 Å². The minimum atomic E-state index is -0.962. The second-order valence-corrected chi connectivity index (χ2v) is 7.00. The Hall–Kier alpha value is -2.39. The molecule has 1 aromatic heterocycles. The molecule has 0 spiro atoms. The minimum absolute atomic E-state index is 0.101. The van der Waals surface area contributed by atoms with E-state index in [1.54, 1.807) is 18.2 Å². The zero-order valence-electron chi connectivity index (χ0n) is 12.5. The highest BCUT2D eigenvalue weighted by Crippen LogP contribution is 2.29. The summed E-state index contributed by atoms with van der Waals surface area (Å²) in [6, 6.07) is 9.51. The van der Waals surface area contributed by atoms with Gasteiger partial charge in [0.05, 0.1) is 0 Å². The van der Waals surface area contributed by atoms with E-state index in [0.29, 0.717) is 15.7 Å². The third kappa shape index (κ3) is 4.18. The summed E-state index contributed by atoms with van der Waals surface area (Å²) in [4.78, 5) is 12.0. The first kappa shape index (κ1) is 17.4. The summed E-state index contributed by atoms with van der Waals surface area (Å²) in [5.41, 5.74) is -0.167. The van der Waals surface area contributed by atoms with Gasteiger partial charge in [-0.05, 0) is 23.8 Å². The van der Waals surface area contributed by atoms with E-state index >= 15 is 0 Å². The largest absolute Gasteiger partial charge is 0.296 e. The van der Waals surface area contributed by atoms with Crippen LogP contribution in [0.25, 0.3) is 0 Å². The van der Waals surface area contributed by atoms with E-state index in [-0.39, 0.29) is 10.9 Å². The van der Waals surface area contributed by atoms with Crippen molar-refractivity contribution in [2.75, 3.05) is 5.32 Å². The first-order valence-corrected chi connectivity index (χ1v) is 8.80. The van der Waals surface area contributed by atoms with Crippen LogP contribution in [-0.4, -0.2) is 16.1 Å². The number of nitrogens with zero attached hydrogens (tertiary/aromatic N) is 2. The van der Waals surface area contributed by atoms with E-state index in [1.807, 2.05) is 0 Å². The molecule has 3 aromatic rings. The van der Waals surface area contributed by atoms with Gasteiger partial charge in [0, 0.05) is 5.75 Å². The normalized spacial score (nSPS) is 10.7. The molecule has 3 rings (SSSR count). The van der Waals surface area contributed by atoms with Crippen LogP contribution in [0.1, 0.15) is 15.9 Å². The van der Waals surface area contributed by atoms with Crippen molar-refractivity contribution in [3.05, 3.63) is 71.0 Å². The molecular weight excluding hydrogens is 371 g/mol. The lowest BCUT2D eigenvalue weighted by molar-refractivity contribution is 0.101. The van der Waals surface area contributed by atoms with Crippen LogP contribution >= 0.6 is 23.1 Å². The number of nitrogens with one attached hydrogen (secondary N) is 1. The molecule has 0 saturated heterocycles. The maximum atomic E-state index is 13.6. The van der Waals surface area contributed by atoms with Gasteiger partial charge < -0.3 is 0 Å². The first-order chi connectivity index (χ1) is 12.0. The van der Waals surface area contributed by atoms with E-state index < -0.39 is 23.1 Å². The van der Waals surface area contributed by atoms with Crippen LogP contribution in [0.15, 0.2) is 46.8 Å². The second kappa shape index (κ2) is 7.66. The Balaban J connectivity index is 1.66. The molecule has 0 saturated carbocycles. The quantitative estimate of drug-likeness (QED) is 0.522. The second-order valence-electron chi connectivity index (χ2n) is 4.80. The standard InChI is InChI=1S/C16H10F3N3OS2/c17-10-5-2-1-4-9(10)8-24-16-22-21-15(25-16)20-14(23)13-11(18)6-3-7-12(13)19/h1-7H,8H2,(H,20,21,23). The van der Waals surface area contributed by atoms with Crippen LogP contribution in [0.4, 0.5) is 18.3 Å². The number of thioether (sulfide) groups is 1. The van der Waals surface area contributed by atoms with Gasteiger partial charge >= 0.3 is 0 Å². The van der Waals surface area contributed by atoms with Crippen LogP contribution in [0.3, 0.4) is 0 Å². The van der Waals surface area contributed by atoms with E-state index in [0.717, 1.165) is 23.5 Å². The van der Waals surface area contributed by atoms with Gasteiger partial charge in [0.15, 0.2) is 4.34 Å². The minimum Gasteiger partial charge on any atom is -0.296 e. The van der Waals surface area contributed by atoms with Crippen LogP contribution < -0.4 is 5.32 Å². The lowest BCUT2D eigenvalue weighted by Gasteiger charge is -2.03. The number of aromatic nitrogens is 2. The topological polar surface area (TPSA) is 54.9 Å². The molecule has 0 atom stereocenters. The molecule has 0 radical (unpaired) electrons. The van der Waals surface area contributed by atoms with Gasteiger partial charge in [-0.25, -0.2) is 13.2 Å². The molecule has 0 unspecified atom stereocenters. The first-order valence-electron chi connectivity index (χ1n) is 6.99. The van der Waals surface area contributed by atoms with Gasteiger partial charge in [0.2, 0.25) is 5.13 Å². The molecule has 128 valence electrons. The number of anilines is 1. The van der Waals surface area contributed by atoms with E-state index in [9.17, 15) is 18.0 Å². The number of carbonyl (C=O) groups excluding carboxylic acids is 1. The van der Waals surface area contributed by atoms with Gasteiger partial charge in [-0.1, -0.05) is 47.4 Å². The van der Waals surface area contributed by atoms with Crippen LogP contribution in [0.5, 0.6) is 0 Å². The van der Waals surface area contributed by atoms with Crippen molar-refractivity contribution < 1.29 is 18.0 Å². The third-order valence-corrected chi connectivity index (χ3v) is 5.15. The fourth-order valence-electron chi connectivity index (χ4n) is 1.95. The average molecular weight is 381 g/mol. The van der Waals surface area contributed by atoms with Gasteiger partial charge in [-0.2, -0.15) is 0 Å². The van der Waals surface area contributed by atoms with Crippen molar-refractivity contribution in [3.8, 4) is 0 Å². The zero-order chi connectivity index (χ0) is 17.8. The van der Waals surface area contributed by atoms with Crippen molar-refractivity contribution in [1.29, 1.82) is 0 Å². The molecule has 4 nitrogen and oxygen atoms in total. The maximum Gasteiger partial charge on any atom is 0.263 e. The summed E-state index contributed by atoms with van der Waals surface area (Å²) in [6.07, 6.45) is 0. The molecule has 1 amide bonds. The van der Waals surface area contributed by atoms with Crippen LogP contribution in [0.2, 0.25) is 0 Å². The lowest BCUT2D eigenvalue weighted by atomic mass is 10.2. The molecule has 2 aromatic carbocycles. The van der Waals surface area contributed by atoms with Gasteiger partial charge in [0.1, 0.15) is 23.0 Å². The van der Waals surface area contributed by atoms with Gasteiger partial charge in [-0.3, -0.25) is 10.1 Å². The number of benzene rings is 2. The summed E-state index contributed by atoms with van der Waals surface area (Å²) < 4.78 is 41.2. The highest BCUT2D eigenvalue weighted by molar-refractivity contribution is 8.00. The molecule has 0 bridgehead atoms. The summed E-state index contributed by atoms with van der Waals surface area (Å²) in [6.45, 7) is 0. The maximum absolute atomic E-state index is 13.6. The number of amides is 1. The number of halogens is 3. The molecule has 0 aliphatic rings. The third-order valence-electron chi connectivity index (χ3n) is 3.13. The Labute approximate surface area is 149 Å². The summed E-state index contributed by atoms with van der Waals surface area (Å²) in [5, 5.41) is 10.0. The Morgan fingerprint density at radius 1 is 1.00 bits per heavy atom. The fourth-order valence-corrected chi connectivity index (χ4v) is 3.68. The molecule has 9 heteroatoms. The number of hydrogen-bond donors (Lipinski definition) is 1.